The van der Waals surface area contributed by atoms with Crippen molar-refractivity contribution in [1.29, 1.82) is 0 Å². The summed E-state index contributed by atoms with van der Waals surface area (Å²) in [5.41, 5.74) is 0.145. The summed E-state index contributed by atoms with van der Waals surface area (Å²) in [7, 11) is 2.45. The Morgan fingerprint density at radius 1 is 1.28 bits per heavy atom. The van der Waals surface area contributed by atoms with Gasteiger partial charge in [-0.05, 0) is 24.5 Å². The Morgan fingerprint density at radius 3 is 2.62 bits per heavy atom. The number of amides is 1. The third-order valence-electron chi connectivity index (χ3n) is 4.54. The Balaban J connectivity index is 2.02. The van der Waals surface area contributed by atoms with Gasteiger partial charge in [0, 0.05) is 17.0 Å². The number of methoxy groups -OCH3 is 2. The number of nitro benzene ring substituents is 1. The van der Waals surface area contributed by atoms with E-state index in [9.17, 15) is 24.5 Å². The molecule has 0 unspecified atom stereocenters. The van der Waals surface area contributed by atoms with Crippen LogP contribution in [0.15, 0.2) is 18.2 Å². The fourth-order valence-electron chi connectivity index (χ4n) is 3.21. The van der Waals surface area contributed by atoms with Crippen LogP contribution in [0.1, 0.15) is 43.5 Å². The van der Waals surface area contributed by atoms with Gasteiger partial charge < -0.3 is 14.8 Å². The van der Waals surface area contributed by atoms with E-state index in [-0.39, 0.29) is 26.8 Å². The second-order valence-electron chi connectivity index (χ2n) is 6.12. The molecule has 1 N–H and O–H groups in total. The highest BCUT2D eigenvalue weighted by molar-refractivity contribution is 7.17. The van der Waals surface area contributed by atoms with E-state index in [2.05, 4.69) is 5.32 Å². The van der Waals surface area contributed by atoms with Gasteiger partial charge in [0.1, 0.15) is 5.00 Å². The Hall–Kier alpha value is -2.98. The molecule has 0 bridgehead atoms. The van der Waals surface area contributed by atoms with Crippen LogP contribution in [0.5, 0.6) is 0 Å². The predicted octanol–water partition coefficient (Wildman–Crippen LogP) is 3.55. The SMILES string of the molecule is COC(=O)c1c(NC(=O)c2cc([N+](=O)[O-])ccc2Cl)sc2c1[C@H](C(=O)OC)CC2. The third kappa shape index (κ3) is 3.81. The van der Waals surface area contributed by atoms with Crippen LogP contribution in [0.2, 0.25) is 5.02 Å². The lowest BCUT2D eigenvalue weighted by molar-refractivity contribution is -0.384. The van der Waals surface area contributed by atoms with E-state index in [1.54, 1.807) is 0 Å². The first kappa shape index (κ1) is 20.7. The van der Waals surface area contributed by atoms with Gasteiger partial charge in [-0.15, -0.1) is 11.3 Å². The highest BCUT2D eigenvalue weighted by atomic mass is 35.5. The van der Waals surface area contributed by atoms with Gasteiger partial charge in [0.25, 0.3) is 11.6 Å². The molecule has 11 heteroatoms. The first-order valence-corrected chi connectivity index (χ1v) is 9.54. The lowest BCUT2D eigenvalue weighted by Crippen LogP contribution is -2.18. The standard InChI is InChI=1S/C18H15ClN2O7S/c1-27-17(23)9-4-6-12-13(9)14(18(24)28-2)16(29-12)20-15(22)10-7-8(21(25)26)3-5-11(10)19/h3,5,7,9H,4,6H2,1-2H3,(H,20,22)/t9-/m1/s1. The number of hydrogen-bond donors (Lipinski definition) is 1. The lowest BCUT2D eigenvalue weighted by Gasteiger charge is -2.12. The number of esters is 2. The number of anilines is 1. The summed E-state index contributed by atoms with van der Waals surface area (Å²) in [6.07, 6.45) is 1.03. The van der Waals surface area contributed by atoms with Crippen molar-refractivity contribution < 1.29 is 28.8 Å². The van der Waals surface area contributed by atoms with E-state index in [4.69, 9.17) is 21.1 Å². The molecule has 0 saturated heterocycles. The van der Waals surface area contributed by atoms with Crippen molar-refractivity contribution in [3.63, 3.8) is 0 Å². The minimum Gasteiger partial charge on any atom is -0.469 e. The van der Waals surface area contributed by atoms with Crippen molar-refractivity contribution in [2.45, 2.75) is 18.8 Å². The second-order valence-corrected chi connectivity index (χ2v) is 7.64. The van der Waals surface area contributed by atoms with Gasteiger partial charge in [-0.3, -0.25) is 19.7 Å². The molecule has 0 spiro atoms. The van der Waals surface area contributed by atoms with Crippen molar-refractivity contribution >= 4 is 51.5 Å². The van der Waals surface area contributed by atoms with Gasteiger partial charge in [0.15, 0.2) is 0 Å². The number of ether oxygens (including phenoxy) is 2. The Labute approximate surface area is 173 Å². The van der Waals surface area contributed by atoms with Gasteiger partial charge in [0.2, 0.25) is 0 Å². The number of carbonyl (C=O) groups excluding carboxylic acids is 3. The van der Waals surface area contributed by atoms with Crippen LogP contribution in [0.4, 0.5) is 10.7 Å². The van der Waals surface area contributed by atoms with Crippen molar-refractivity contribution in [3.8, 4) is 0 Å². The average Bonchev–Trinajstić information content (AvgIpc) is 3.25. The number of nitro groups is 1. The minimum absolute atomic E-state index is 0.0178. The van der Waals surface area contributed by atoms with Gasteiger partial charge in [-0.2, -0.15) is 0 Å². The summed E-state index contributed by atoms with van der Waals surface area (Å²) >= 11 is 7.16. The highest BCUT2D eigenvalue weighted by Crippen LogP contribution is 2.46. The van der Waals surface area contributed by atoms with Gasteiger partial charge >= 0.3 is 11.9 Å². The van der Waals surface area contributed by atoms with Crippen LogP contribution < -0.4 is 5.32 Å². The maximum absolute atomic E-state index is 12.7. The van der Waals surface area contributed by atoms with Crippen molar-refractivity contribution in [2.75, 3.05) is 19.5 Å². The zero-order valence-electron chi connectivity index (χ0n) is 15.3. The van der Waals surface area contributed by atoms with E-state index in [0.29, 0.717) is 18.4 Å². The summed E-state index contributed by atoms with van der Waals surface area (Å²) in [6.45, 7) is 0. The van der Waals surface area contributed by atoms with Crippen LogP contribution in [0, 0.1) is 10.1 Å². The smallest absolute Gasteiger partial charge is 0.341 e. The number of fused-ring (bicyclic) bond motifs is 1. The molecule has 1 aromatic heterocycles. The van der Waals surface area contributed by atoms with E-state index in [0.717, 1.165) is 22.3 Å². The number of nitrogens with one attached hydrogen (secondary N) is 1. The maximum atomic E-state index is 12.7. The van der Waals surface area contributed by atoms with Crippen molar-refractivity contribution in [2.24, 2.45) is 0 Å². The number of thiophene rings is 1. The number of benzene rings is 1. The summed E-state index contributed by atoms with van der Waals surface area (Å²) in [4.78, 5) is 48.3. The maximum Gasteiger partial charge on any atom is 0.341 e. The largest absolute Gasteiger partial charge is 0.469 e. The van der Waals surface area contributed by atoms with Crippen molar-refractivity contribution in [1.82, 2.24) is 0 Å². The molecule has 1 aromatic carbocycles. The average molecular weight is 439 g/mol. The van der Waals surface area contributed by atoms with Gasteiger partial charge in [-0.25, -0.2) is 4.79 Å². The Bertz CT molecular complexity index is 1030. The molecule has 152 valence electrons. The molecule has 9 nitrogen and oxygen atoms in total. The van der Waals surface area contributed by atoms with Gasteiger partial charge in [0.05, 0.1) is 41.2 Å². The summed E-state index contributed by atoms with van der Waals surface area (Å²) < 4.78 is 9.65. The molecular weight excluding hydrogens is 424 g/mol. The summed E-state index contributed by atoms with van der Waals surface area (Å²) in [5, 5.41) is 13.8. The number of rotatable bonds is 5. The molecule has 1 aliphatic carbocycles. The molecule has 1 amide bonds. The molecule has 0 aliphatic heterocycles. The molecular formula is C18H15ClN2O7S. The number of carbonyl (C=O) groups is 3. The van der Waals surface area contributed by atoms with E-state index < -0.39 is 28.7 Å². The normalized spacial score (nSPS) is 14.8. The second kappa shape index (κ2) is 8.18. The predicted molar refractivity (Wildman–Crippen MR) is 105 cm³/mol. The lowest BCUT2D eigenvalue weighted by atomic mass is 9.99. The number of halogens is 1. The van der Waals surface area contributed by atoms with E-state index in [1.807, 2.05) is 0 Å². The Kier molecular flexibility index (Phi) is 5.85. The number of non-ortho nitro benzene ring substituents is 1. The van der Waals surface area contributed by atoms with Crippen LogP contribution in [-0.2, 0) is 20.7 Å². The first-order chi connectivity index (χ1) is 13.8. The molecule has 1 atom stereocenters. The molecule has 3 rings (SSSR count). The minimum atomic E-state index is -0.724. The molecule has 0 fully saturated rings. The topological polar surface area (TPSA) is 125 Å². The molecule has 1 heterocycles. The summed E-state index contributed by atoms with van der Waals surface area (Å²) in [6, 6.07) is 3.48. The highest BCUT2D eigenvalue weighted by Gasteiger charge is 2.38. The number of aryl methyl sites for hydroxylation is 1. The molecule has 1 aliphatic rings. The van der Waals surface area contributed by atoms with Crippen LogP contribution in [0.25, 0.3) is 0 Å². The zero-order chi connectivity index (χ0) is 21.3. The molecule has 2 aromatic rings. The van der Waals surface area contributed by atoms with Gasteiger partial charge in [-0.1, -0.05) is 11.6 Å². The third-order valence-corrected chi connectivity index (χ3v) is 6.05. The fraction of sp³-hybridized carbons (Fsp3) is 0.278. The Morgan fingerprint density at radius 2 is 2.00 bits per heavy atom. The van der Waals surface area contributed by atoms with Crippen LogP contribution in [-0.4, -0.2) is 37.0 Å². The first-order valence-electron chi connectivity index (χ1n) is 8.35. The van der Waals surface area contributed by atoms with E-state index >= 15 is 0 Å². The summed E-state index contributed by atoms with van der Waals surface area (Å²) in [5.74, 6) is -2.55. The van der Waals surface area contributed by atoms with Crippen molar-refractivity contribution in [3.05, 3.63) is 54.9 Å². The number of nitrogens with zero attached hydrogens (tertiary/aromatic N) is 1. The molecule has 0 saturated carbocycles. The fourth-order valence-corrected chi connectivity index (χ4v) is 4.67. The van der Waals surface area contributed by atoms with Crippen LogP contribution >= 0.6 is 22.9 Å². The number of hydrogen-bond acceptors (Lipinski definition) is 8. The quantitative estimate of drug-likeness (QED) is 0.429. The zero-order valence-corrected chi connectivity index (χ0v) is 16.9. The van der Waals surface area contributed by atoms with E-state index in [1.165, 1.54) is 26.4 Å². The molecule has 0 radical (unpaired) electrons. The monoisotopic (exact) mass is 438 g/mol. The van der Waals surface area contributed by atoms with Crippen LogP contribution in [0.3, 0.4) is 0 Å². The molecule has 29 heavy (non-hydrogen) atoms.